The van der Waals surface area contributed by atoms with Gasteiger partial charge in [-0.15, -0.1) is 0 Å². The van der Waals surface area contributed by atoms with Crippen LogP contribution >= 0.6 is 0 Å². The Morgan fingerprint density at radius 3 is 1.92 bits per heavy atom. The van der Waals surface area contributed by atoms with Gasteiger partial charge in [0.05, 0.1) is 19.5 Å². The number of nitrogens with zero attached hydrogens (tertiary/aromatic N) is 3. The van der Waals surface area contributed by atoms with Crippen LogP contribution in [0.1, 0.15) is 53.1 Å². The first-order valence-corrected chi connectivity index (χ1v) is 11.7. The number of carboxylic acids is 1. The van der Waals surface area contributed by atoms with Crippen molar-refractivity contribution in [2.24, 2.45) is 0 Å². The van der Waals surface area contributed by atoms with Gasteiger partial charge in [0.1, 0.15) is 11.2 Å². The number of fused-ring (bicyclic) bond motifs is 1. The van der Waals surface area contributed by atoms with E-state index in [4.69, 9.17) is 14.2 Å². The summed E-state index contributed by atoms with van der Waals surface area (Å²) < 4.78 is 29.2. The second-order valence-electron chi connectivity index (χ2n) is 10.6. The lowest BCUT2D eigenvalue weighted by Gasteiger charge is -2.38. The number of amides is 2. The molecule has 38 heavy (non-hydrogen) atoms. The predicted molar refractivity (Wildman–Crippen MR) is 137 cm³/mol. The van der Waals surface area contributed by atoms with Crippen molar-refractivity contribution < 1.29 is 38.1 Å². The fraction of sp³-hybridized carbons (Fsp3) is 0.370. The summed E-state index contributed by atoms with van der Waals surface area (Å²) in [5.41, 5.74) is -2.40. The smallest absolute Gasteiger partial charge is 0.494 e. The van der Waals surface area contributed by atoms with Gasteiger partial charge in [-0.2, -0.15) is 19.8 Å². The second kappa shape index (κ2) is 10.3. The SMILES string of the molecule is COc1cc(C(C(=O)O)[N+](C(=O)OC(C)(C)C)(C(=O)OC(C)(C)C)c2ccc3cnncc3c2)ccc1F. The van der Waals surface area contributed by atoms with E-state index in [0.717, 1.165) is 12.1 Å². The molecule has 0 saturated carbocycles. The van der Waals surface area contributed by atoms with Crippen LogP contribution in [0.25, 0.3) is 10.8 Å². The van der Waals surface area contributed by atoms with E-state index in [1.165, 1.54) is 37.7 Å². The zero-order valence-corrected chi connectivity index (χ0v) is 22.3. The summed E-state index contributed by atoms with van der Waals surface area (Å²) in [6, 6.07) is 5.79. The molecule has 1 unspecified atom stereocenters. The monoisotopic (exact) mass is 528 g/mol. The highest BCUT2D eigenvalue weighted by atomic mass is 19.1. The maximum atomic E-state index is 14.3. The van der Waals surface area contributed by atoms with Gasteiger partial charge in [0, 0.05) is 28.5 Å². The van der Waals surface area contributed by atoms with E-state index in [1.54, 1.807) is 47.6 Å². The fourth-order valence-electron chi connectivity index (χ4n) is 3.89. The standard InChI is InChI=1S/C27H30FN3O7/c1-26(2,3)37-24(34)31(25(35)38-27(4,5)6,19-10-8-17-14-29-30-15-18(17)12-19)22(23(32)33)16-9-11-20(28)21(13-16)36-7/h8-15,22H,1-7H3/p+1. The van der Waals surface area contributed by atoms with Gasteiger partial charge in [0.2, 0.25) is 6.04 Å². The van der Waals surface area contributed by atoms with Crippen LogP contribution in [0.4, 0.5) is 19.7 Å². The highest BCUT2D eigenvalue weighted by Gasteiger charge is 2.62. The summed E-state index contributed by atoms with van der Waals surface area (Å²) in [4.78, 5) is 41.3. The van der Waals surface area contributed by atoms with Crippen molar-refractivity contribution in [3.05, 3.63) is 60.2 Å². The number of carbonyl (C=O) groups excluding carboxylic acids is 2. The zero-order chi connectivity index (χ0) is 28.5. The van der Waals surface area contributed by atoms with E-state index in [9.17, 15) is 23.9 Å². The summed E-state index contributed by atoms with van der Waals surface area (Å²) in [7, 11) is 1.21. The van der Waals surface area contributed by atoms with Crippen molar-refractivity contribution >= 4 is 34.6 Å². The molecule has 1 heterocycles. The lowest BCUT2D eigenvalue weighted by Crippen LogP contribution is -2.64. The van der Waals surface area contributed by atoms with Crippen LogP contribution in [0.5, 0.6) is 5.75 Å². The quantitative estimate of drug-likeness (QED) is 0.410. The van der Waals surface area contributed by atoms with Gasteiger partial charge in [0.15, 0.2) is 17.3 Å². The topological polar surface area (TPSA) is 125 Å². The number of hydrogen-bond donors (Lipinski definition) is 1. The number of carbonyl (C=O) groups is 3. The molecule has 0 aliphatic rings. The van der Waals surface area contributed by atoms with Gasteiger partial charge >= 0.3 is 18.2 Å². The van der Waals surface area contributed by atoms with Crippen molar-refractivity contribution in [1.82, 2.24) is 14.7 Å². The van der Waals surface area contributed by atoms with Crippen molar-refractivity contribution in [1.29, 1.82) is 0 Å². The molecule has 202 valence electrons. The molecule has 0 fully saturated rings. The van der Waals surface area contributed by atoms with Crippen LogP contribution in [0.3, 0.4) is 0 Å². The maximum Gasteiger partial charge on any atom is 0.533 e. The Morgan fingerprint density at radius 1 is 0.868 bits per heavy atom. The Kier molecular flexibility index (Phi) is 7.73. The number of quaternary nitrogens is 1. The molecule has 2 aromatic carbocycles. The average Bonchev–Trinajstić information content (AvgIpc) is 2.80. The Bertz CT molecular complexity index is 1350. The number of benzene rings is 2. The van der Waals surface area contributed by atoms with Crippen molar-refractivity contribution in [3.8, 4) is 5.75 Å². The van der Waals surface area contributed by atoms with E-state index < -0.39 is 45.7 Å². The predicted octanol–water partition coefficient (Wildman–Crippen LogP) is 5.78. The van der Waals surface area contributed by atoms with Crippen molar-refractivity contribution in [2.75, 3.05) is 7.11 Å². The summed E-state index contributed by atoms with van der Waals surface area (Å²) in [5.74, 6) is -2.59. The first-order chi connectivity index (χ1) is 17.6. The van der Waals surface area contributed by atoms with E-state index in [1.807, 2.05) is 0 Å². The highest BCUT2D eigenvalue weighted by Crippen LogP contribution is 2.42. The molecule has 2 amide bonds. The Labute approximate surface area is 219 Å². The van der Waals surface area contributed by atoms with Gasteiger partial charge in [0.25, 0.3) is 0 Å². The van der Waals surface area contributed by atoms with Crippen molar-refractivity contribution in [2.45, 2.75) is 58.8 Å². The van der Waals surface area contributed by atoms with Crippen LogP contribution in [0.2, 0.25) is 0 Å². The molecule has 3 aromatic rings. The third-order valence-corrected chi connectivity index (χ3v) is 5.41. The molecular formula is C27H31FN3O7+. The number of methoxy groups -OCH3 is 1. The highest BCUT2D eigenvalue weighted by molar-refractivity contribution is 6.09. The first-order valence-electron chi connectivity index (χ1n) is 11.7. The van der Waals surface area contributed by atoms with Gasteiger partial charge in [-0.3, -0.25) is 0 Å². The average molecular weight is 529 g/mol. The van der Waals surface area contributed by atoms with E-state index in [-0.39, 0.29) is 17.0 Å². The molecule has 3 rings (SSSR count). The van der Waals surface area contributed by atoms with Crippen LogP contribution in [-0.4, -0.2) is 51.8 Å². The largest absolute Gasteiger partial charge is 0.533 e. The second-order valence-corrected chi connectivity index (χ2v) is 10.6. The van der Waals surface area contributed by atoms with Crippen LogP contribution in [0.15, 0.2) is 48.8 Å². The lowest BCUT2D eigenvalue weighted by molar-refractivity contribution is -0.143. The number of halogens is 1. The summed E-state index contributed by atoms with van der Waals surface area (Å²) >= 11 is 0. The van der Waals surface area contributed by atoms with Gasteiger partial charge < -0.3 is 19.3 Å². The fourth-order valence-corrected chi connectivity index (χ4v) is 3.89. The molecule has 0 bridgehead atoms. The molecule has 1 N–H and O–H groups in total. The Morgan fingerprint density at radius 2 is 1.42 bits per heavy atom. The molecule has 10 nitrogen and oxygen atoms in total. The molecule has 0 spiro atoms. The van der Waals surface area contributed by atoms with E-state index in [0.29, 0.717) is 10.8 Å². The van der Waals surface area contributed by atoms with Crippen LogP contribution in [-0.2, 0) is 14.3 Å². The third-order valence-electron chi connectivity index (χ3n) is 5.41. The molecule has 11 heteroatoms. The lowest BCUT2D eigenvalue weighted by atomic mass is 10.00. The molecule has 1 aromatic heterocycles. The van der Waals surface area contributed by atoms with Crippen LogP contribution < -0.4 is 9.22 Å². The first kappa shape index (κ1) is 28.5. The number of hydrogen-bond acceptors (Lipinski definition) is 8. The molecular weight excluding hydrogens is 497 g/mol. The zero-order valence-electron chi connectivity index (χ0n) is 22.3. The Hall–Kier alpha value is -4.12. The summed E-state index contributed by atoms with van der Waals surface area (Å²) in [6.07, 6.45) is 0.482. The van der Waals surface area contributed by atoms with Crippen LogP contribution in [0, 0.1) is 5.82 Å². The number of aromatic nitrogens is 2. The minimum absolute atomic E-state index is 0.0651. The normalized spacial score (nSPS) is 13.1. The molecule has 0 saturated heterocycles. The minimum Gasteiger partial charge on any atom is -0.494 e. The third kappa shape index (κ3) is 5.72. The Balaban J connectivity index is 2.48. The van der Waals surface area contributed by atoms with E-state index in [2.05, 4.69) is 10.2 Å². The number of rotatable bonds is 5. The van der Waals surface area contributed by atoms with Crippen molar-refractivity contribution in [3.63, 3.8) is 0 Å². The number of aliphatic carboxylic acids is 1. The molecule has 1 atom stereocenters. The molecule has 0 radical (unpaired) electrons. The molecule has 0 aliphatic heterocycles. The molecule has 0 aliphatic carbocycles. The summed E-state index contributed by atoms with van der Waals surface area (Å²) in [5, 5.41) is 19.4. The maximum absolute atomic E-state index is 14.3. The van der Waals surface area contributed by atoms with Gasteiger partial charge in [-0.05, 0) is 65.8 Å². The number of imide groups is 1. The van der Waals surface area contributed by atoms with Gasteiger partial charge in [-0.25, -0.2) is 9.18 Å². The number of ether oxygens (including phenoxy) is 3. The van der Waals surface area contributed by atoms with E-state index >= 15 is 0 Å². The minimum atomic E-state index is -1.96. The summed E-state index contributed by atoms with van der Waals surface area (Å²) in [6.45, 7) is 9.51. The number of carboxylic acid groups (broad SMARTS) is 1. The van der Waals surface area contributed by atoms with Gasteiger partial charge in [-0.1, -0.05) is 4.48 Å².